The van der Waals surface area contributed by atoms with Crippen molar-refractivity contribution in [3.63, 3.8) is 0 Å². The largest absolute Gasteiger partial charge is 0.347 e. The Morgan fingerprint density at radius 1 is 1.36 bits per heavy atom. The van der Waals surface area contributed by atoms with Gasteiger partial charge in [0.05, 0.1) is 6.07 Å². The first kappa shape index (κ1) is 10.5. The van der Waals surface area contributed by atoms with Crippen molar-refractivity contribution in [2.75, 3.05) is 13.1 Å². The van der Waals surface area contributed by atoms with Crippen molar-refractivity contribution in [1.29, 1.82) is 5.26 Å². The highest BCUT2D eigenvalue weighted by Crippen LogP contribution is 2.43. The van der Waals surface area contributed by atoms with Gasteiger partial charge in [-0.05, 0) is 18.3 Å². The highest BCUT2D eigenvalue weighted by atomic mass is 16.2. The van der Waals surface area contributed by atoms with Crippen molar-refractivity contribution >= 4 is 11.8 Å². The first-order valence-corrected chi connectivity index (χ1v) is 4.50. The van der Waals surface area contributed by atoms with Crippen LogP contribution in [0.1, 0.15) is 19.8 Å². The number of hydrogen-bond donors (Lipinski definition) is 2. The van der Waals surface area contributed by atoms with Crippen LogP contribution < -0.4 is 10.6 Å². The Morgan fingerprint density at radius 2 is 1.93 bits per heavy atom. The predicted molar refractivity (Wildman–Crippen MR) is 49.0 cm³/mol. The number of nitriles is 1. The van der Waals surface area contributed by atoms with Crippen LogP contribution in [0.15, 0.2) is 0 Å². The fraction of sp³-hybridized carbons (Fsp3) is 0.667. The van der Waals surface area contributed by atoms with E-state index in [2.05, 4.69) is 17.6 Å². The lowest BCUT2D eigenvalue weighted by Crippen LogP contribution is -2.41. The minimum atomic E-state index is -0.740. The van der Waals surface area contributed by atoms with Crippen LogP contribution in [0, 0.1) is 16.7 Å². The molecule has 0 bridgehead atoms. The van der Waals surface area contributed by atoms with Gasteiger partial charge in [0.25, 0.3) is 0 Å². The second-order valence-electron chi connectivity index (χ2n) is 3.83. The first-order chi connectivity index (χ1) is 6.57. The summed E-state index contributed by atoms with van der Waals surface area (Å²) in [6, 6.07) is 1.73. The van der Waals surface area contributed by atoms with Crippen molar-refractivity contribution in [2.45, 2.75) is 19.8 Å². The lowest BCUT2D eigenvalue weighted by atomic mass is 10.1. The summed E-state index contributed by atoms with van der Waals surface area (Å²) in [5.74, 6) is -1.40. The molecule has 0 aromatic heterocycles. The SMILES string of the molecule is CC1(CNC(=O)C(=O)NCC#N)CC1. The van der Waals surface area contributed by atoms with E-state index in [1.165, 1.54) is 0 Å². The Balaban J connectivity index is 2.21. The molecule has 0 radical (unpaired) electrons. The van der Waals surface area contributed by atoms with Crippen LogP contribution in [-0.4, -0.2) is 24.9 Å². The lowest BCUT2D eigenvalue weighted by molar-refractivity contribution is -0.139. The van der Waals surface area contributed by atoms with Crippen molar-refractivity contribution in [1.82, 2.24) is 10.6 Å². The van der Waals surface area contributed by atoms with Gasteiger partial charge in [0.2, 0.25) is 0 Å². The van der Waals surface area contributed by atoms with Crippen LogP contribution in [0.4, 0.5) is 0 Å². The summed E-state index contributed by atoms with van der Waals surface area (Å²) in [5.41, 5.74) is 0.186. The summed E-state index contributed by atoms with van der Waals surface area (Å²) >= 11 is 0. The smallest absolute Gasteiger partial charge is 0.310 e. The molecule has 0 spiro atoms. The van der Waals surface area contributed by atoms with Crippen molar-refractivity contribution in [2.24, 2.45) is 5.41 Å². The molecule has 0 unspecified atom stereocenters. The molecule has 0 saturated heterocycles. The zero-order valence-corrected chi connectivity index (χ0v) is 8.09. The Labute approximate surface area is 82.5 Å². The Kier molecular flexibility index (Phi) is 3.07. The van der Waals surface area contributed by atoms with E-state index in [9.17, 15) is 9.59 Å². The topological polar surface area (TPSA) is 82.0 Å². The highest BCUT2D eigenvalue weighted by molar-refractivity contribution is 6.35. The van der Waals surface area contributed by atoms with E-state index in [0.29, 0.717) is 6.54 Å². The summed E-state index contributed by atoms with van der Waals surface area (Å²) in [5, 5.41) is 12.9. The van der Waals surface area contributed by atoms with Crippen LogP contribution in [0.3, 0.4) is 0 Å². The standard InChI is InChI=1S/C9H13N3O2/c1-9(2-3-9)6-12-8(14)7(13)11-5-4-10/h2-3,5-6H2,1H3,(H,11,13)(H,12,14). The number of amides is 2. The van der Waals surface area contributed by atoms with Crippen molar-refractivity contribution in [3.8, 4) is 6.07 Å². The number of nitrogens with zero attached hydrogens (tertiary/aromatic N) is 1. The van der Waals surface area contributed by atoms with Gasteiger partial charge in [-0.1, -0.05) is 6.92 Å². The van der Waals surface area contributed by atoms with Gasteiger partial charge in [-0.3, -0.25) is 9.59 Å². The zero-order valence-electron chi connectivity index (χ0n) is 8.09. The summed E-state index contributed by atoms with van der Waals surface area (Å²) in [7, 11) is 0. The van der Waals surface area contributed by atoms with Crippen LogP contribution >= 0.6 is 0 Å². The molecule has 5 nitrogen and oxygen atoms in total. The van der Waals surface area contributed by atoms with Gasteiger partial charge >= 0.3 is 11.8 Å². The van der Waals surface area contributed by atoms with E-state index < -0.39 is 11.8 Å². The number of carbonyl (C=O) groups excluding carboxylic acids is 2. The molecule has 0 aliphatic heterocycles. The summed E-state index contributed by atoms with van der Waals surface area (Å²) in [6.45, 7) is 2.45. The van der Waals surface area contributed by atoms with Crippen LogP contribution in [0.5, 0.6) is 0 Å². The average molecular weight is 195 g/mol. The molecule has 0 heterocycles. The molecule has 76 valence electrons. The third kappa shape index (κ3) is 3.05. The van der Waals surface area contributed by atoms with Gasteiger partial charge in [0.1, 0.15) is 6.54 Å². The molecule has 0 aromatic rings. The lowest BCUT2D eigenvalue weighted by Gasteiger charge is -2.08. The van der Waals surface area contributed by atoms with Crippen LogP contribution in [0.2, 0.25) is 0 Å². The number of hydrogen-bond acceptors (Lipinski definition) is 3. The number of carbonyl (C=O) groups is 2. The summed E-state index contributed by atoms with van der Waals surface area (Å²) in [6.07, 6.45) is 2.18. The molecule has 14 heavy (non-hydrogen) atoms. The number of nitrogens with one attached hydrogen (secondary N) is 2. The quantitative estimate of drug-likeness (QED) is 0.472. The molecule has 1 saturated carbocycles. The first-order valence-electron chi connectivity index (χ1n) is 4.50. The zero-order chi connectivity index (χ0) is 10.6. The normalized spacial score (nSPS) is 16.6. The maximum absolute atomic E-state index is 11.1. The van der Waals surface area contributed by atoms with Crippen LogP contribution in [-0.2, 0) is 9.59 Å². The van der Waals surface area contributed by atoms with E-state index in [-0.39, 0.29) is 12.0 Å². The van der Waals surface area contributed by atoms with E-state index in [4.69, 9.17) is 5.26 Å². The van der Waals surface area contributed by atoms with E-state index in [0.717, 1.165) is 12.8 Å². The van der Waals surface area contributed by atoms with Crippen LogP contribution in [0.25, 0.3) is 0 Å². The molecular weight excluding hydrogens is 182 g/mol. The summed E-state index contributed by atoms with van der Waals surface area (Å²) < 4.78 is 0. The second-order valence-corrected chi connectivity index (χ2v) is 3.83. The Bertz CT molecular complexity index is 289. The molecule has 0 aromatic carbocycles. The van der Waals surface area contributed by atoms with Gasteiger partial charge in [-0.25, -0.2) is 0 Å². The van der Waals surface area contributed by atoms with Gasteiger partial charge in [0, 0.05) is 6.54 Å². The Morgan fingerprint density at radius 3 is 2.43 bits per heavy atom. The molecule has 2 N–H and O–H groups in total. The predicted octanol–water partition coefficient (Wildman–Crippen LogP) is -0.458. The average Bonchev–Trinajstić information content (AvgIpc) is 2.90. The highest BCUT2D eigenvalue weighted by Gasteiger charge is 2.37. The van der Waals surface area contributed by atoms with Gasteiger partial charge in [0.15, 0.2) is 0 Å². The maximum atomic E-state index is 11.1. The molecule has 2 amide bonds. The minimum Gasteiger partial charge on any atom is -0.347 e. The third-order valence-electron chi connectivity index (χ3n) is 2.31. The second kappa shape index (κ2) is 4.09. The fourth-order valence-corrected chi connectivity index (χ4v) is 0.964. The van der Waals surface area contributed by atoms with Crippen molar-refractivity contribution in [3.05, 3.63) is 0 Å². The monoisotopic (exact) mass is 195 g/mol. The van der Waals surface area contributed by atoms with Crippen molar-refractivity contribution < 1.29 is 9.59 Å². The van der Waals surface area contributed by atoms with Gasteiger partial charge in [-0.2, -0.15) is 5.26 Å². The van der Waals surface area contributed by atoms with E-state index in [1.807, 2.05) is 0 Å². The molecule has 0 atom stereocenters. The molecule has 5 heteroatoms. The number of rotatable bonds is 3. The summed E-state index contributed by atoms with van der Waals surface area (Å²) in [4.78, 5) is 22.1. The maximum Gasteiger partial charge on any atom is 0.310 e. The molecule has 1 aliphatic carbocycles. The van der Waals surface area contributed by atoms with Gasteiger partial charge in [-0.15, -0.1) is 0 Å². The van der Waals surface area contributed by atoms with E-state index in [1.54, 1.807) is 6.07 Å². The molecule has 1 rings (SSSR count). The fourth-order valence-electron chi connectivity index (χ4n) is 0.964. The molecule has 1 fully saturated rings. The molecular formula is C9H13N3O2. The third-order valence-corrected chi connectivity index (χ3v) is 2.31. The van der Waals surface area contributed by atoms with Gasteiger partial charge < -0.3 is 10.6 Å². The van der Waals surface area contributed by atoms with E-state index >= 15 is 0 Å². The molecule has 1 aliphatic rings. The minimum absolute atomic E-state index is 0.135. The Hall–Kier alpha value is -1.57.